The summed E-state index contributed by atoms with van der Waals surface area (Å²) in [5, 5.41) is 11.5. The van der Waals surface area contributed by atoms with Gasteiger partial charge in [-0.15, -0.1) is 0 Å². The number of rotatable bonds is 7. The Kier molecular flexibility index (Phi) is 5.78. The van der Waals surface area contributed by atoms with Gasteiger partial charge in [0.05, 0.1) is 18.7 Å². The van der Waals surface area contributed by atoms with Gasteiger partial charge in [0.2, 0.25) is 5.78 Å². The molecule has 3 heterocycles. The Morgan fingerprint density at radius 2 is 1.97 bits per heavy atom. The predicted octanol–water partition coefficient (Wildman–Crippen LogP) is 4.80. The minimum atomic E-state index is -0.862. The maximum Gasteiger partial charge on any atom is 0.290 e. The molecule has 2 aromatic carbocycles. The van der Waals surface area contributed by atoms with Crippen LogP contribution in [0.4, 0.5) is 4.39 Å². The van der Waals surface area contributed by atoms with Gasteiger partial charge in [0.15, 0.2) is 22.9 Å². The number of carbonyl (C=O) groups is 2. The SMILES string of the molecule is COc1cccc2cc(C(=O)C3=C(O)C(=O)N(CCc4ccc(F)cc4)C3c3cccnc3)oc12. The number of aliphatic hydroxyl groups excluding tert-OH is 1. The van der Waals surface area contributed by atoms with Crippen molar-refractivity contribution in [3.63, 3.8) is 0 Å². The van der Waals surface area contributed by atoms with E-state index in [2.05, 4.69) is 4.98 Å². The van der Waals surface area contributed by atoms with Gasteiger partial charge in [0.1, 0.15) is 5.82 Å². The number of benzene rings is 2. The van der Waals surface area contributed by atoms with Crippen LogP contribution in [0.5, 0.6) is 5.75 Å². The van der Waals surface area contributed by atoms with Crippen LogP contribution in [0.2, 0.25) is 0 Å². The predicted molar refractivity (Wildman–Crippen MR) is 126 cm³/mol. The van der Waals surface area contributed by atoms with Crippen molar-refractivity contribution in [3.05, 3.63) is 107 Å². The molecule has 0 aliphatic carbocycles. The van der Waals surface area contributed by atoms with Gasteiger partial charge in [-0.25, -0.2) is 4.39 Å². The van der Waals surface area contributed by atoms with Gasteiger partial charge in [-0.3, -0.25) is 14.6 Å². The summed E-state index contributed by atoms with van der Waals surface area (Å²) in [6, 6.07) is 15.4. The normalized spacial score (nSPS) is 15.8. The van der Waals surface area contributed by atoms with E-state index in [1.807, 2.05) is 0 Å². The molecule has 1 aliphatic heterocycles. The van der Waals surface area contributed by atoms with Crippen molar-refractivity contribution >= 4 is 22.7 Å². The van der Waals surface area contributed by atoms with Crippen molar-refractivity contribution in [2.24, 2.45) is 0 Å². The topological polar surface area (TPSA) is 92.9 Å². The number of furan rings is 1. The molecule has 1 amide bonds. The number of methoxy groups -OCH3 is 1. The number of para-hydroxylation sites is 1. The standard InChI is InChI=1S/C27H21FN2O5/c1-34-20-6-2-4-17-14-21(35-26(17)20)24(31)22-23(18-5-3-12-29-15-18)30(27(33)25(22)32)13-11-16-7-9-19(28)10-8-16/h2-10,12,14-15,23,32H,11,13H2,1H3. The Balaban J connectivity index is 1.52. The zero-order valence-electron chi connectivity index (χ0n) is 18.8. The first-order chi connectivity index (χ1) is 17.0. The van der Waals surface area contributed by atoms with Gasteiger partial charge >= 0.3 is 0 Å². The second kappa shape index (κ2) is 9.06. The van der Waals surface area contributed by atoms with Crippen LogP contribution in [0.25, 0.3) is 11.0 Å². The zero-order chi connectivity index (χ0) is 24.5. The van der Waals surface area contributed by atoms with E-state index >= 15 is 0 Å². The Bertz CT molecular complexity index is 1440. The Morgan fingerprint density at radius 1 is 1.17 bits per heavy atom. The summed E-state index contributed by atoms with van der Waals surface area (Å²) in [6.45, 7) is 0.193. The number of aromatic nitrogens is 1. The van der Waals surface area contributed by atoms with Crippen LogP contribution in [-0.2, 0) is 11.2 Å². The summed E-state index contributed by atoms with van der Waals surface area (Å²) < 4.78 is 24.4. The summed E-state index contributed by atoms with van der Waals surface area (Å²) in [4.78, 5) is 32.3. The number of pyridine rings is 1. The highest BCUT2D eigenvalue weighted by Crippen LogP contribution is 2.40. The van der Waals surface area contributed by atoms with Gasteiger partial charge in [0.25, 0.3) is 5.91 Å². The maximum atomic E-state index is 13.6. The van der Waals surface area contributed by atoms with Crippen molar-refractivity contribution in [1.82, 2.24) is 9.88 Å². The number of hydrogen-bond acceptors (Lipinski definition) is 6. The maximum absolute atomic E-state index is 13.6. The lowest BCUT2D eigenvalue weighted by atomic mass is 9.96. The third-order valence-corrected chi connectivity index (χ3v) is 6.05. The number of ether oxygens (including phenoxy) is 1. The fraction of sp³-hybridized carbons (Fsp3) is 0.148. The number of carbonyl (C=O) groups excluding carboxylic acids is 2. The second-order valence-electron chi connectivity index (χ2n) is 8.14. The van der Waals surface area contributed by atoms with Crippen LogP contribution >= 0.6 is 0 Å². The number of nitrogens with zero attached hydrogens (tertiary/aromatic N) is 2. The minimum Gasteiger partial charge on any atom is -0.503 e. The number of amides is 1. The first-order valence-corrected chi connectivity index (χ1v) is 11.0. The molecule has 1 aliphatic rings. The summed E-state index contributed by atoms with van der Waals surface area (Å²) in [5.74, 6) is -1.81. The van der Waals surface area contributed by atoms with Gasteiger partial charge in [-0.05, 0) is 47.9 Å². The minimum absolute atomic E-state index is 0.0203. The average molecular weight is 472 g/mol. The largest absolute Gasteiger partial charge is 0.503 e. The number of aliphatic hydroxyl groups is 1. The average Bonchev–Trinajstić information content (AvgIpc) is 3.43. The number of Topliss-reactive ketones (excluding diaryl/α,β-unsaturated/α-hetero) is 1. The molecule has 2 aromatic heterocycles. The first-order valence-electron chi connectivity index (χ1n) is 11.0. The lowest BCUT2D eigenvalue weighted by Gasteiger charge is -2.26. The molecule has 1 unspecified atom stereocenters. The molecular formula is C27H21FN2O5. The lowest BCUT2D eigenvalue weighted by Crippen LogP contribution is -2.33. The highest BCUT2D eigenvalue weighted by molar-refractivity contribution is 6.16. The van der Waals surface area contributed by atoms with Crippen molar-refractivity contribution in [3.8, 4) is 5.75 Å². The zero-order valence-corrected chi connectivity index (χ0v) is 18.8. The van der Waals surface area contributed by atoms with Crippen LogP contribution in [0.15, 0.2) is 88.8 Å². The molecule has 0 radical (unpaired) electrons. The molecule has 0 bridgehead atoms. The molecule has 4 aromatic rings. The van der Waals surface area contributed by atoms with Crippen LogP contribution in [0, 0.1) is 5.82 Å². The molecule has 7 nitrogen and oxygen atoms in total. The van der Waals surface area contributed by atoms with E-state index in [1.165, 1.54) is 24.1 Å². The number of fused-ring (bicyclic) bond motifs is 1. The van der Waals surface area contributed by atoms with Crippen LogP contribution < -0.4 is 4.74 Å². The number of halogens is 1. The fourth-order valence-electron chi connectivity index (χ4n) is 4.34. The molecule has 0 saturated heterocycles. The molecule has 176 valence electrons. The lowest BCUT2D eigenvalue weighted by molar-refractivity contribution is -0.129. The van der Waals surface area contributed by atoms with Gasteiger partial charge < -0.3 is 19.2 Å². The number of hydrogen-bond donors (Lipinski definition) is 1. The molecule has 0 fully saturated rings. The molecular weight excluding hydrogens is 451 g/mol. The van der Waals surface area contributed by atoms with Crippen LogP contribution in [0.3, 0.4) is 0 Å². The van der Waals surface area contributed by atoms with Crippen molar-refractivity contribution < 1.29 is 28.2 Å². The summed E-state index contributed by atoms with van der Waals surface area (Å²) in [5.41, 5.74) is 1.70. The van der Waals surface area contributed by atoms with E-state index < -0.39 is 23.5 Å². The summed E-state index contributed by atoms with van der Waals surface area (Å²) in [6.07, 6.45) is 3.54. The first kappa shape index (κ1) is 22.3. The molecule has 1 atom stereocenters. The third-order valence-electron chi connectivity index (χ3n) is 6.05. The molecule has 8 heteroatoms. The van der Waals surface area contributed by atoms with Gasteiger partial charge in [0, 0.05) is 24.3 Å². The highest BCUT2D eigenvalue weighted by Gasteiger charge is 2.44. The quantitative estimate of drug-likeness (QED) is 0.389. The van der Waals surface area contributed by atoms with E-state index in [4.69, 9.17) is 9.15 Å². The Morgan fingerprint density at radius 3 is 2.69 bits per heavy atom. The molecule has 35 heavy (non-hydrogen) atoms. The Labute approximate surface area is 200 Å². The monoisotopic (exact) mass is 472 g/mol. The molecule has 5 rings (SSSR count). The van der Waals surface area contributed by atoms with Crippen LogP contribution in [-0.4, -0.2) is 40.3 Å². The van der Waals surface area contributed by atoms with Crippen molar-refractivity contribution in [2.45, 2.75) is 12.5 Å². The van der Waals surface area contributed by atoms with E-state index in [-0.39, 0.29) is 23.7 Å². The van der Waals surface area contributed by atoms with E-state index in [0.29, 0.717) is 28.7 Å². The highest BCUT2D eigenvalue weighted by atomic mass is 19.1. The molecule has 0 spiro atoms. The Hall–Kier alpha value is -4.46. The van der Waals surface area contributed by atoms with Crippen molar-refractivity contribution in [1.29, 1.82) is 0 Å². The molecule has 1 N–H and O–H groups in total. The molecule has 0 saturated carbocycles. The third kappa shape index (κ3) is 4.03. The number of ketones is 1. The smallest absolute Gasteiger partial charge is 0.290 e. The van der Waals surface area contributed by atoms with E-state index in [1.54, 1.807) is 60.9 Å². The van der Waals surface area contributed by atoms with Gasteiger partial charge in [-0.2, -0.15) is 0 Å². The fourth-order valence-corrected chi connectivity index (χ4v) is 4.34. The van der Waals surface area contributed by atoms with E-state index in [0.717, 1.165) is 5.56 Å². The summed E-state index contributed by atoms with van der Waals surface area (Å²) in [7, 11) is 1.50. The van der Waals surface area contributed by atoms with E-state index in [9.17, 15) is 19.1 Å². The van der Waals surface area contributed by atoms with Crippen molar-refractivity contribution in [2.75, 3.05) is 13.7 Å². The second-order valence-corrected chi connectivity index (χ2v) is 8.14. The summed E-state index contributed by atoms with van der Waals surface area (Å²) >= 11 is 0. The van der Waals surface area contributed by atoms with Crippen LogP contribution in [0.1, 0.15) is 27.7 Å². The van der Waals surface area contributed by atoms with Gasteiger partial charge in [-0.1, -0.05) is 30.3 Å².